The Morgan fingerprint density at radius 2 is 2.09 bits per heavy atom. The lowest BCUT2D eigenvalue weighted by molar-refractivity contribution is -0.384. The van der Waals surface area contributed by atoms with E-state index in [0.717, 1.165) is 24.1 Å². The lowest BCUT2D eigenvalue weighted by atomic mass is 9.96. The average Bonchev–Trinajstić information content (AvgIpc) is 3.25. The highest BCUT2D eigenvalue weighted by Crippen LogP contribution is 2.40. The summed E-state index contributed by atoms with van der Waals surface area (Å²) in [5.41, 5.74) is 10.6. The molecule has 9 heteroatoms. The Labute approximate surface area is 197 Å². The van der Waals surface area contributed by atoms with Crippen molar-refractivity contribution in [2.45, 2.75) is 31.6 Å². The second-order valence-electron chi connectivity index (χ2n) is 7.46. The van der Waals surface area contributed by atoms with E-state index in [4.69, 9.17) is 27.3 Å². The number of nitrogens with two attached hydrogens (primary N) is 1. The molecule has 0 heterocycles. The molecule has 1 unspecified atom stereocenters. The molecule has 33 heavy (non-hydrogen) atoms. The van der Waals surface area contributed by atoms with E-state index < -0.39 is 4.92 Å². The van der Waals surface area contributed by atoms with Crippen molar-refractivity contribution >= 4 is 28.8 Å². The van der Waals surface area contributed by atoms with E-state index in [1.165, 1.54) is 29.4 Å². The van der Waals surface area contributed by atoms with Crippen LogP contribution in [0.25, 0.3) is 0 Å². The number of nitro benzene ring substituents is 1. The van der Waals surface area contributed by atoms with Crippen LogP contribution in [-0.4, -0.2) is 29.6 Å². The van der Waals surface area contributed by atoms with Crippen LogP contribution < -0.4 is 10.5 Å². The zero-order valence-electron chi connectivity index (χ0n) is 18.0. The number of amidine groups is 1. The van der Waals surface area contributed by atoms with Crippen LogP contribution in [0.3, 0.4) is 0 Å². The van der Waals surface area contributed by atoms with Crippen molar-refractivity contribution in [3.8, 4) is 11.8 Å². The van der Waals surface area contributed by atoms with Crippen molar-refractivity contribution in [2.24, 2.45) is 15.7 Å². The summed E-state index contributed by atoms with van der Waals surface area (Å²) in [4.78, 5) is 19.3. The van der Waals surface area contributed by atoms with Crippen molar-refractivity contribution in [3.63, 3.8) is 0 Å². The van der Waals surface area contributed by atoms with Crippen LogP contribution >= 0.6 is 11.6 Å². The lowest BCUT2D eigenvalue weighted by Crippen LogP contribution is -2.16. The number of benzene rings is 2. The number of hydrogen-bond donors (Lipinski definition) is 1. The number of unbranched alkanes of at least 4 members (excludes halogenated alkanes) is 1. The second-order valence-corrected chi connectivity index (χ2v) is 7.66. The zero-order valence-corrected chi connectivity index (χ0v) is 18.7. The molecule has 170 valence electrons. The number of allylic oxidation sites excluding steroid dienone is 1. The first-order chi connectivity index (χ1) is 16.0. The van der Waals surface area contributed by atoms with Gasteiger partial charge in [-0.3, -0.25) is 15.1 Å². The van der Waals surface area contributed by atoms with Gasteiger partial charge in [-0.2, -0.15) is 5.26 Å². The normalized spacial score (nSPS) is 16.2. The van der Waals surface area contributed by atoms with E-state index in [1.54, 1.807) is 0 Å². The molecule has 0 radical (unpaired) electrons. The third-order valence-corrected chi connectivity index (χ3v) is 5.51. The summed E-state index contributed by atoms with van der Waals surface area (Å²) in [6, 6.07) is 16.0. The molecule has 0 amide bonds. The quantitative estimate of drug-likeness (QED) is 0.172. The van der Waals surface area contributed by atoms with Gasteiger partial charge in [-0.05, 0) is 37.3 Å². The summed E-state index contributed by atoms with van der Waals surface area (Å²) < 4.78 is 5.59. The molecular formula is C24H24ClN5O3. The molecule has 8 nitrogen and oxygen atoms in total. The van der Waals surface area contributed by atoms with Gasteiger partial charge in [0.05, 0.1) is 34.5 Å². The second kappa shape index (κ2) is 11.8. The maximum atomic E-state index is 10.9. The number of halogens is 1. The third-order valence-electron chi connectivity index (χ3n) is 5.41. The van der Waals surface area contributed by atoms with Gasteiger partial charge in [-0.1, -0.05) is 41.9 Å². The minimum Gasteiger partial charge on any atom is -0.492 e. The van der Waals surface area contributed by atoms with Crippen LogP contribution in [0.2, 0.25) is 0 Å². The van der Waals surface area contributed by atoms with Gasteiger partial charge in [0, 0.05) is 24.1 Å². The predicted octanol–water partition coefficient (Wildman–Crippen LogP) is 5.08. The fraction of sp³-hybridized carbons (Fsp3) is 0.292. The van der Waals surface area contributed by atoms with Gasteiger partial charge in [0.15, 0.2) is 0 Å². The highest BCUT2D eigenvalue weighted by molar-refractivity contribution is 6.56. The smallest absolute Gasteiger partial charge is 0.273 e. The molecule has 0 spiro atoms. The van der Waals surface area contributed by atoms with Crippen molar-refractivity contribution in [1.82, 2.24) is 0 Å². The molecule has 0 saturated heterocycles. The Morgan fingerprint density at radius 3 is 2.79 bits per heavy atom. The van der Waals surface area contributed by atoms with Crippen molar-refractivity contribution in [3.05, 3.63) is 81.0 Å². The van der Waals surface area contributed by atoms with Crippen LogP contribution in [-0.2, 0) is 0 Å². The summed E-state index contributed by atoms with van der Waals surface area (Å²) in [5, 5.41) is 20.1. The van der Waals surface area contributed by atoms with E-state index in [2.05, 4.69) is 22.1 Å². The predicted molar refractivity (Wildman–Crippen MR) is 129 cm³/mol. The highest BCUT2D eigenvalue weighted by Gasteiger charge is 2.28. The number of ether oxygens (including phenoxy) is 1. The summed E-state index contributed by atoms with van der Waals surface area (Å²) in [6.45, 7) is 0.818. The molecule has 3 rings (SSSR count). The van der Waals surface area contributed by atoms with Gasteiger partial charge in [0.25, 0.3) is 5.69 Å². The van der Waals surface area contributed by atoms with Crippen LogP contribution in [0.5, 0.6) is 5.75 Å². The van der Waals surface area contributed by atoms with Crippen molar-refractivity contribution in [1.29, 1.82) is 5.26 Å². The molecule has 0 fully saturated rings. The standard InChI is InChI=1S/C24H24ClN5O3/c25-16-29-23-20(17-6-2-1-3-7-17)10-11-21(23)24(27)28-12-4-5-13-33-22-14-19(30(31)32)9-8-18(22)15-26/h1-3,6-9,14,16,20H,4-5,10-13H2,(H2,27,28). The summed E-state index contributed by atoms with van der Waals surface area (Å²) in [6.07, 6.45) is 3.05. The Kier molecular flexibility index (Phi) is 8.56. The van der Waals surface area contributed by atoms with Crippen molar-refractivity contribution in [2.75, 3.05) is 13.2 Å². The molecule has 0 saturated carbocycles. The zero-order chi connectivity index (χ0) is 23.6. The fourth-order valence-electron chi connectivity index (χ4n) is 3.78. The molecule has 0 bridgehead atoms. The molecule has 2 aromatic rings. The van der Waals surface area contributed by atoms with E-state index >= 15 is 0 Å². The largest absolute Gasteiger partial charge is 0.492 e. The SMILES string of the molecule is N#Cc1ccc([N+](=O)[O-])cc1OCCCCN=C(N)C1=C(N=CCl)C(c2ccccc2)CC1. The van der Waals surface area contributed by atoms with E-state index in [-0.39, 0.29) is 22.9 Å². The monoisotopic (exact) mass is 465 g/mol. The molecule has 0 aliphatic heterocycles. The van der Waals surface area contributed by atoms with Crippen LogP contribution in [0.15, 0.2) is 69.8 Å². The minimum atomic E-state index is -0.520. The van der Waals surface area contributed by atoms with Gasteiger partial charge in [0.2, 0.25) is 0 Å². The number of nitriles is 1. The van der Waals surface area contributed by atoms with Crippen LogP contribution in [0.1, 0.15) is 42.7 Å². The number of hydrogen-bond acceptors (Lipinski definition) is 6. The first-order valence-corrected chi connectivity index (χ1v) is 11.0. The van der Waals surface area contributed by atoms with Gasteiger partial charge < -0.3 is 10.5 Å². The third kappa shape index (κ3) is 6.18. The molecule has 1 aliphatic carbocycles. The first kappa shape index (κ1) is 24.0. The molecule has 2 N–H and O–H groups in total. The number of non-ortho nitro benzene ring substituents is 1. The van der Waals surface area contributed by atoms with E-state index in [1.807, 2.05) is 24.3 Å². The molecule has 2 aromatic carbocycles. The lowest BCUT2D eigenvalue weighted by Gasteiger charge is -2.12. The van der Waals surface area contributed by atoms with Gasteiger partial charge >= 0.3 is 0 Å². The number of aliphatic imine (C=N–C) groups is 2. The van der Waals surface area contributed by atoms with E-state index in [0.29, 0.717) is 31.8 Å². The van der Waals surface area contributed by atoms with Crippen molar-refractivity contribution < 1.29 is 9.66 Å². The molecule has 1 aliphatic rings. The Bertz CT molecular complexity index is 1120. The topological polar surface area (TPSA) is 127 Å². The Balaban J connectivity index is 1.56. The van der Waals surface area contributed by atoms with Gasteiger partial charge in [-0.25, -0.2) is 4.99 Å². The fourth-order valence-corrected chi connectivity index (χ4v) is 3.89. The number of nitrogens with zero attached hydrogens (tertiary/aromatic N) is 4. The van der Waals surface area contributed by atoms with Crippen LogP contribution in [0, 0.1) is 21.4 Å². The summed E-state index contributed by atoms with van der Waals surface area (Å²) in [7, 11) is 0. The molecule has 0 aromatic heterocycles. The number of nitro groups is 1. The summed E-state index contributed by atoms with van der Waals surface area (Å²) in [5.74, 6) is 0.820. The average molecular weight is 466 g/mol. The molecule has 1 atom stereocenters. The first-order valence-electron chi connectivity index (χ1n) is 10.6. The summed E-state index contributed by atoms with van der Waals surface area (Å²) >= 11 is 5.79. The maximum absolute atomic E-state index is 10.9. The minimum absolute atomic E-state index is 0.115. The van der Waals surface area contributed by atoms with E-state index in [9.17, 15) is 10.1 Å². The Morgan fingerprint density at radius 1 is 1.30 bits per heavy atom. The number of rotatable bonds is 10. The van der Waals surface area contributed by atoms with Crippen LogP contribution in [0.4, 0.5) is 5.69 Å². The molecular weight excluding hydrogens is 442 g/mol. The maximum Gasteiger partial charge on any atom is 0.273 e. The van der Waals surface area contributed by atoms with Gasteiger partial charge in [-0.15, -0.1) is 0 Å². The van der Waals surface area contributed by atoms with Gasteiger partial charge in [0.1, 0.15) is 17.7 Å². The highest BCUT2D eigenvalue weighted by atomic mass is 35.5. The Hall–Kier alpha value is -3.70.